The van der Waals surface area contributed by atoms with Gasteiger partial charge in [0, 0.05) is 20.4 Å². The third-order valence-electron chi connectivity index (χ3n) is 3.33. The minimum Gasteiger partial charge on any atom is -0.497 e. The van der Waals surface area contributed by atoms with Gasteiger partial charge in [-0.3, -0.25) is 4.79 Å². The summed E-state index contributed by atoms with van der Waals surface area (Å²) < 4.78 is 6.09. The number of nitrogens with two attached hydrogens (primary N) is 1. The van der Waals surface area contributed by atoms with Gasteiger partial charge in [-0.2, -0.15) is 0 Å². The number of ether oxygens (including phenoxy) is 1. The summed E-state index contributed by atoms with van der Waals surface area (Å²) in [5.74, 6) is 1.06. The maximum Gasteiger partial charge on any atom is 0.278 e. The number of nitrogen functional groups attached to an aromatic ring is 1. The summed E-state index contributed by atoms with van der Waals surface area (Å²) in [5.41, 5.74) is 7.73. The smallest absolute Gasteiger partial charge is 0.278 e. The van der Waals surface area contributed by atoms with Gasteiger partial charge in [0.15, 0.2) is 11.5 Å². The fourth-order valence-electron chi connectivity index (χ4n) is 2.13. The van der Waals surface area contributed by atoms with E-state index in [1.165, 1.54) is 0 Å². The summed E-state index contributed by atoms with van der Waals surface area (Å²) >= 11 is 2.17. The highest BCUT2D eigenvalue weighted by Gasteiger charge is 2.11. The highest BCUT2D eigenvalue weighted by atomic mass is 127. The van der Waals surface area contributed by atoms with Crippen molar-refractivity contribution in [1.82, 2.24) is 15.2 Å². The minimum atomic E-state index is -0.321. The summed E-state index contributed by atoms with van der Waals surface area (Å²) in [5, 5.41) is 8.17. The average molecular weight is 420 g/mol. The molecular weight excluding hydrogens is 407 g/mol. The Bertz CT molecular complexity index is 907. The van der Waals surface area contributed by atoms with Crippen LogP contribution in [0.1, 0.15) is 0 Å². The standard InChI is InChI=1S/C16H13IN4O2/c1-23-11-5-2-9(3-6-11)14-16(22)19-15(21-20-14)12-8-10(17)4-7-13(12)18/h2-8H,18H2,1H3,(H,19,21,22). The van der Waals surface area contributed by atoms with E-state index in [1.54, 1.807) is 37.4 Å². The van der Waals surface area contributed by atoms with Gasteiger partial charge >= 0.3 is 0 Å². The Labute approximate surface area is 145 Å². The molecule has 0 radical (unpaired) electrons. The Kier molecular flexibility index (Phi) is 4.28. The predicted octanol–water partition coefficient (Wildman–Crippen LogP) is 2.69. The molecule has 2 aromatic carbocycles. The number of H-pyrrole nitrogens is 1. The number of nitrogens with zero attached hydrogens (tertiary/aromatic N) is 2. The van der Waals surface area contributed by atoms with Crippen LogP contribution in [0.4, 0.5) is 5.69 Å². The number of hydrogen-bond acceptors (Lipinski definition) is 5. The molecule has 23 heavy (non-hydrogen) atoms. The molecule has 116 valence electrons. The maximum atomic E-state index is 12.3. The largest absolute Gasteiger partial charge is 0.497 e. The zero-order valence-corrected chi connectivity index (χ0v) is 14.4. The van der Waals surface area contributed by atoms with Crippen molar-refractivity contribution >= 4 is 28.3 Å². The number of anilines is 1. The van der Waals surface area contributed by atoms with Crippen LogP contribution >= 0.6 is 22.6 Å². The molecule has 0 fully saturated rings. The number of hydrogen-bond donors (Lipinski definition) is 2. The first-order chi connectivity index (χ1) is 11.1. The third kappa shape index (κ3) is 3.19. The number of methoxy groups -OCH3 is 1. The number of rotatable bonds is 3. The van der Waals surface area contributed by atoms with Crippen molar-refractivity contribution in [2.75, 3.05) is 12.8 Å². The molecule has 0 unspecified atom stereocenters. The number of benzene rings is 2. The van der Waals surface area contributed by atoms with Gasteiger partial charge in [0.05, 0.1) is 7.11 Å². The van der Waals surface area contributed by atoms with E-state index in [1.807, 2.05) is 12.1 Å². The van der Waals surface area contributed by atoms with E-state index in [9.17, 15) is 4.79 Å². The molecule has 0 bridgehead atoms. The lowest BCUT2D eigenvalue weighted by atomic mass is 10.1. The van der Waals surface area contributed by atoms with Crippen LogP contribution in [0.15, 0.2) is 47.3 Å². The van der Waals surface area contributed by atoms with Crippen LogP contribution in [-0.4, -0.2) is 22.3 Å². The average Bonchev–Trinajstić information content (AvgIpc) is 2.57. The molecule has 6 nitrogen and oxygen atoms in total. The van der Waals surface area contributed by atoms with Crippen molar-refractivity contribution in [2.45, 2.75) is 0 Å². The van der Waals surface area contributed by atoms with Crippen LogP contribution in [-0.2, 0) is 0 Å². The second-order valence-electron chi connectivity index (χ2n) is 4.81. The fourth-order valence-corrected chi connectivity index (χ4v) is 2.62. The number of halogens is 1. The van der Waals surface area contributed by atoms with Crippen molar-refractivity contribution in [1.29, 1.82) is 0 Å². The van der Waals surface area contributed by atoms with Crippen molar-refractivity contribution in [3.8, 4) is 28.4 Å². The molecule has 0 spiro atoms. The van der Waals surface area contributed by atoms with Gasteiger partial charge in [-0.05, 0) is 65.1 Å². The Morgan fingerprint density at radius 3 is 2.52 bits per heavy atom. The van der Waals surface area contributed by atoms with Crippen molar-refractivity contribution < 1.29 is 4.74 Å². The van der Waals surface area contributed by atoms with Crippen LogP contribution in [0.25, 0.3) is 22.6 Å². The molecule has 1 heterocycles. The van der Waals surface area contributed by atoms with E-state index in [0.29, 0.717) is 28.4 Å². The van der Waals surface area contributed by atoms with Crippen LogP contribution in [0.2, 0.25) is 0 Å². The lowest BCUT2D eigenvalue weighted by Crippen LogP contribution is -2.14. The van der Waals surface area contributed by atoms with Gasteiger partial charge in [0.1, 0.15) is 5.75 Å². The van der Waals surface area contributed by atoms with E-state index >= 15 is 0 Å². The topological polar surface area (TPSA) is 93.9 Å². The molecule has 0 saturated heterocycles. The Morgan fingerprint density at radius 1 is 1.13 bits per heavy atom. The monoisotopic (exact) mass is 420 g/mol. The zero-order chi connectivity index (χ0) is 16.4. The summed E-state index contributed by atoms with van der Waals surface area (Å²) in [6.45, 7) is 0. The highest BCUT2D eigenvalue weighted by Crippen LogP contribution is 2.24. The molecule has 0 aliphatic heterocycles. The molecule has 3 N–H and O–H groups in total. The second kappa shape index (κ2) is 6.37. The summed E-state index contributed by atoms with van der Waals surface area (Å²) in [6.07, 6.45) is 0. The first kappa shape index (κ1) is 15.5. The normalized spacial score (nSPS) is 10.5. The van der Waals surface area contributed by atoms with Gasteiger partial charge in [0.2, 0.25) is 0 Å². The van der Waals surface area contributed by atoms with Crippen LogP contribution < -0.4 is 16.0 Å². The molecule has 0 saturated carbocycles. The minimum absolute atomic E-state index is 0.251. The predicted molar refractivity (Wildman–Crippen MR) is 97.2 cm³/mol. The lowest BCUT2D eigenvalue weighted by molar-refractivity contribution is 0.415. The first-order valence-corrected chi connectivity index (χ1v) is 7.83. The second-order valence-corrected chi connectivity index (χ2v) is 6.06. The van der Waals surface area contributed by atoms with E-state index < -0.39 is 0 Å². The van der Waals surface area contributed by atoms with Crippen molar-refractivity contribution in [3.05, 3.63) is 56.4 Å². The molecule has 1 aromatic heterocycles. The summed E-state index contributed by atoms with van der Waals surface area (Å²) in [4.78, 5) is 15.1. The maximum absolute atomic E-state index is 12.3. The molecule has 0 aliphatic carbocycles. The van der Waals surface area contributed by atoms with Crippen molar-refractivity contribution in [2.24, 2.45) is 0 Å². The molecule has 0 amide bonds. The molecule has 0 atom stereocenters. The number of aromatic nitrogens is 3. The zero-order valence-electron chi connectivity index (χ0n) is 12.2. The number of aromatic amines is 1. The van der Waals surface area contributed by atoms with Crippen LogP contribution in [0.5, 0.6) is 5.75 Å². The SMILES string of the molecule is COc1ccc(-c2nnc(-c3cc(I)ccc3N)[nH]c2=O)cc1. The van der Waals surface area contributed by atoms with Gasteiger partial charge in [-0.15, -0.1) is 10.2 Å². The first-order valence-electron chi connectivity index (χ1n) is 6.75. The van der Waals surface area contributed by atoms with Gasteiger partial charge < -0.3 is 15.5 Å². The Balaban J connectivity index is 2.03. The molecule has 3 aromatic rings. The third-order valence-corrected chi connectivity index (χ3v) is 4.00. The molecular formula is C16H13IN4O2. The van der Waals surface area contributed by atoms with Crippen LogP contribution in [0.3, 0.4) is 0 Å². The van der Waals surface area contributed by atoms with Gasteiger partial charge in [0.25, 0.3) is 5.56 Å². The highest BCUT2D eigenvalue weighted by molar-refractivity contribution is 14.1. The fraction of sp³-hybridized carbons (Fsp3) is 0.0625. The quantitative estimate of drug-likeness (QED) is 0.502. The Morgan fingerprint density at radius 2 is 1.87 bits per heavy atom. The molecule has 3 rings (SSSR count). The van der Waals surface area contributed by atoms with E-state index in [-0.39, 0.29) is 11.3 Å². The Hall–Kier alpha value is -2.42. The summed E-state index contributed by atoms with van der Waals surface area (Å²) in [6, 6.07) is 12.6. The van der Waals surface area contributed by atoms with Gasteiger partial charge in [-0.25, -0.2) is 0 Å². The van der Waals surface area contributed by atoms with E-state index in [4.69, 9.17) is 10.5 Å². The van der Waals surface area contributed by atoms with E-state index in [0.717, 1.165) is 3.57 Å². The molecule has 7 heteroatoms. The van der Waals surface area contributed by atoms with Crippen molar-refractivity contribution in [3.63, 3.8) is 0 Å². The number of nitrogens with one attached hydrogen (secondary N) is 1. The summed E-state index contributed by atoms with van der Waals surface area (Å²) in [7, 11) is 1.59. The van der Waals surface area contributed by atoms with E-state index in [2.05, 4.69) is 37.8 Å². The van der Waals surface area contributed by atoms with Crippen LogP contribution in [0, 0.1) is 3.57 Å². The van der Waals surface area contributed by atoms with Gasteiger partial charge in [-0.1, -0.05) is 0 Å². The molecule has 0 aliphatic rings. The lowest BCUT2D eigenvalue weighted by Gasteiger charge is -2.06.